The van der Waals surface area contributed by atoms with E-state index in [-0.39, 0.29) is 0 Å². The van der Waals surface area contributed by atoms with Crippen molar-refractivity contribution in [3.05, 3.63) is 34.1 Å². The average Bonchev–Trinajstić information content (AvgIpc) is 2.35. The van der Waals surface area contributed by atoms with Gasteiger partial charge in [0, 0.05) is 41.0 Å². The van der Waals surface area contributed by atoms with Crippen LogP contribution in [0.5, 0.6) is 0 Å². The van der Waals surface area contributed by atoms with Gasteiger partial charge in [0.05, 0.1) is 9.82 Å². The average molecular weight is 338 g/mol. The van der Waals surface area contributed by atoms with Crippen molar-refractivity contribution in [3.63, 3.8) is 0 Å². The molecular weight excluding hydrogens is 323 g/mol. The first-order valence-electron chi connectivity index (χ1n) is 5.90. The third-order valence-electron chi connectivity index (χ3n) is 2.62. The number of hydrogen-bond acceptors (Lipinski definition) is 5. The van der Waals surface area contributed by atoms with E-state index in [9.17, 15) is 27.1 Å². The Morgan fingerprint density at radius 1 is 1.48 bits per heavy atom. The van der Waals surface area contributed by atoms with Gasteiger partial charge in [-0.1, -0.05) is 0 Å². The smallest absolute Gasteiger partial charge is 0.260 e. The predicted molar refractivity (Wildman–Crippen MR) is 76.4 cm³/mol. The van der Waals surface area contributed by atoms with E-state index in [1.54, 1.807) is 6.92 Å². The van der Waals surface area contributed by atoms with E-state index in [0.29, 0.717) is 18.2 Å². The second-order valence-electron chi connectivity index (χ2n) is 4.46. The summed E-state index contributed by atoms with van der Waals surface area (Å²) in [4.78, 5) is 9.16. The van der Waals surface area contributed by atoms with E-state index in [0.717, 1.165) is 12.1 Å². The summed E-state index contributed by atoms with van der Waals surface area (Å²) < 4.78 is 50.7. The van der Waals surface area contributed by atoms with Gasteiger partial charge >= 0.3 is 5.69 Å². The molecule has 0 radical (unpaired) electrons. The van der Waals surface area contributed by atoms with Gasteiger partial charge in [-0.2, -0.15) is 4.39 Å². The number of sulfonamides is 1. The number of nitrogens with one attached hydrogen (secondary N) is 1. The summed E-state index contributed by atoms with van der Waals surface area (Å²) in [5, 5.41) is 10.5. The number of nitro groups is 1. The first-order valence-corrected chi connectivity index (χ1v) is 9.11. The second-order valence-corrected chi connectivity index (χ2v) is 7.73. The molecule has 0 saturated carbocycles. The molecule has 21 heavy (non-hydrogen) atoms. The molecule has 1 aromatic carbocycles. The van der Waals surface area contributed by atoms with Crippen molar-refractivity contribution in [1.29, 1.82) is 0 Å². The largest absolute Gasteiger partial charge is 0.304 e. The van der Waals surface area contributed by atoms with Crippen molar-refractivity contribution in [1.82, 2.24) is 4.72 Å². The SMILES string of the molecule is CC(CCS(C)=O)NS(=O)(=O)c1ccc([N+](=O)[O-])c(F)c1. The van der Waals surface area contributed by atoms with Crippen molar-refractivity contribution < 1.29 is 21.9 Å². The minimum absolute atomic E-state index is 0.332. The molecule has 0 amide bonds. The van der Waals surface area contributed by atoms with E-state index in [1.807, 2.05) is 0 Å². The van der Waals surface area contributed by atoms with Crippen molar-refractivity contribution in [2.24, 2.45) is 0 Å². The highest BCUT2D eigenvalue weighted by molar-refractivity contribution is 7.89. The number of hydrogen-bond donors (Lipinski definition) is 1. The lowest BCUT2D eigenvalue weighted by atomic mass is 10.3. The van der Waals surface area contributed by atoms with Crippen LogP contribution >= 0.6 is 0 Å². The van der Waals surface area contributed by atoms with Crippen LogP contribution in [0.3, 0.4) is 0 Å². The molecule has 1 aromatic rings. The van der Waals surface area contributed by atoms with Gasteiger partial charge in [-0.25, -0.2) is 13.1 Å². The molecule has 0 aliphatic rings. The fourth-order valence-corrected chi connectivity index (χ4v) is 3.51. The van der Waals surface area contributed by atoms with Crippen LogP contribution in [0.4, 0.5) is 10.1 Å². The standard InChI is InChI=1S/C11H15FN2O5S2/c1-8(5-6-20(2)17)13-21(18,19)9-3-4-11(14(15)16)10(12)7-9/h3-4,7-8,13H,5-6H2,1-2H3. The monoisotopic (exact) mass is 338 g/mol. The molecule has 2 unspecified atom stereocenters. The number of nitro benzene ring substituents is 1. The second kappa shape index (κ2) is 7.05. The molecule has 0 aliphatic heterocycles. The molecule has 7 nitrogen and oxygen atoms in total. The predicted octanol–water partition coefficient (Wildman–Crippen LogP) is 1.17. The minimum Gasteiger partial charge on any atom is -0.260 e. The summed E-state index contributed by atoms with van der Waals surface area (Å²) in [6, 6.07) is 1.88. The third kappa shape index (κ3) is 5.14. The van der Waals surface area contributed by atoms with E-state index in [1.165, 1.54) is 6.26 Å². The van der Waals surface area contributed by atoms with Crippen LogP contribution in [0.15, 0.2) is 23.1 Å². The Bertz CT molecular complexity index is 663. The number of benzene rings is 1. The molecular formula is C11H15FN2O5S2. The zero-order valence-electron chi connectivity index (χ0n) is 11.4. The van der Waals surface area contributed by atoms with Gasteiger partial charge < -0.3 is 0 Å². The number of halogens is 1. The molecule has 0 spiro atoms. The van der Waals surface area contributed by atoms with Crippen LogP contribution in [0.25, 0.3) is 0 Å². The Morgan fingerprint density at radius 2 is 2.10 bits per heavy atom. The van der Waals surface area contributed by atoms with Crippen LogP contribution in [-0.4, -0.2) is 35.6 Å². The Kier molecular flexibility index (Phi) is 5.93. The first kappa shape index (κ1) is 17.7. The fourth-order valence-electron chi connectivity index (χ4n) is 1.54. The van der Waals surface area contributed by atoms with Crippen LogP contribution in [0, 0.1) is 15.9 Å². The highest BCUT2D eigenvalue weighted by atomic mass is 32.2. The summed E-state index contributed by atoms with van der Waals surface area (Å²) in [5.41, 5.74) is -0.789. The fraction of sp³-hybridized carbons (Fsp3) is 0.455. The Labute approximate surface area is 124 Å². The maximum absolute atomic E-state index is 13.4. The molecule has 1 rings (SSSR count). The molecule has 0 aromatic heterocycles. The molecule has 1 N–H and O–H groups in total. The van der Waals surface area contributed by atoms with Gasteiger partial charge in [0.25, 0.3) is 0 Å². The van der Waals surface area contributed by atoms with Crippen molar-refractivity contribution >= 4 is 26.5 Å². The quantitative estimate of drug-likeness (QED) is 0.593. The Balaban J connectivity index is 2.90. The van der Waals surface area contributed by atoms with Crippen LogP contribution in [-0.2, 0) is 20.8 Å². The van der Waals surface area contributed by atoms with Gasteiger partial charge in [-0.05, 0) is 19.4 Å². The normalized spacial score (nSPS) is 14.6. The molecule has 2 atom stereocenters. The molecule has 0 saturated heterocycles. The Hall–Kier alpha value is -1.39. The summed E-state index contributed by atoms with van der Waals surface area (Å²) in [5.74, 6) is -0.886. The molecule has 0 heterocycles. The zero-order valence-corrected chi connectivity index (χ0v) is 13.0. The van der Waals surface area contributed by atoms with Crippen LogP contribution in [0.2, 0.25) is 0 Å². The maximum atomic E-state index is 13.4. The molecule has 0 fully saturated rings. The van der Waals surface area contributed by atoms with Crippen molar-refractivity contribution in [2.45, 2.75) is 24.3 Å². The van der Waals surface area contributed by atoms with Crippen LogP contribution < -0.4 is 4.72 Å². The lowest BCUT2D eigenvalue weighted by Gasteiger charge is -2.13. The Morgan fingerprint density at radius 3 is 2.57 bits per heavy atom. The first-order chi connectivity index (χ1) is 9.63. The highest BCUT2D eigenvalue weighted by Crippen LogP contribution is 2.20. The summed E-state index contributed by atoms with van der Waals surface area (Å²) in [7, 11) is -5.02. The third-order valence-corrected chi connectivity index (χ3v) is 5.02. The highest BCUT2D eigenvalue weighted by Gasteiger charge is 2.22. The number of rotatable bonds is 7. The molecule has 118 valence electrons. The molecule has 10 heteroatoms. The number of nitrogens with zero attached hydrogens (tertiary/aromatic N) is 1. The lowest BCUT2D eigenvalue weighted by Crippen LogP contribution is -2.33. The maximum Gasteiger partial charge on any atom is 0.304 e. The van der Waals surface area contributed by atoms with Gasteiger partial charge in [0.2, 0.25) is 15.8 Å². The van der Waals surface area contributed by atoms with Gasteiger partial charge in [0.15, 0.2) is 0 Å². The van der Waals surface area contributed by atoms with E-state index in [2.05, 4.69) is 4.72 Å². The molecule has 0 aliphatic carbocycles. The molecule has 0 bridgehead atoms. The van der Waals surface area contributed by atoms with Gasteiger partial charge in [-0.15, -0.1) is 0 Å². The van der Waals surface area contributed by atoms with E-state index >= 15 is 0 Å². The lowest BCUT2D eigenvalue weighted by molar-refractivity contribution is -0.387. The summed E-state index contributed by atoms with van der Waals surface area (Å²) in [6.07, 6.45) is 1.87. The van der Waals surface area contributed by atoms with Gasteiger partial charge in [-0.3, -0.25) is 14.3 Å². The topological polar surface area (TPSA) is 106 Å². The van der Waals surface area contributed by atoms with E-state index < -0.39 is 48.2 Å². The van der Waals surface area contributed by atoms with Gasteiger partial charge in [0.1, 0.15) is 0 Å². The zero-order chi connectivity index (χ0) is 16.2. The minimum atomic E-state index is -3.98. The summed E-state index contributed by atoms with van der Waals surface area (Å²) in [6.45, 7) is 1.59. The van der Waals surface area contributed by atoms with Crippen molar-refractivity contribution in [2.75, 3.05) is 12.0 Å². The van der Waals surface area contributed by atoms with Crippen LogP contribution in [0.1, 0.15) is 13.3 Å². The van der Waals surface area contributed by atoms with E-state index in [4.69, 9.17) is 0 Å². The van der Waals surface area contributed by atoms with Crippen molar-refractivity contribution in [3.8, 4) is 0 Å². The summed E-state index contributed by atoms with van der Waals surface area (Å²) >= 11 is 0.